The topological polar surface area (TPSA) is 42.2 Å². The molecule has 1 aromatic rings. The zero-order valence-corrected chi connectivity index (χ0v) is 13.4. The van der Waals surface area contributed by atoms with Crippen LogP contribution in [0.15, 0.2) is 21.4 Å². The van der Waals surface area contributed by atoms with E-state index < -0.39 is 0 Å². The third kappa shape index (κ3) is 4.14. The number of carbonyl (C=O) groups excluding carboxylic acids is 1. The number of rotatable bonds is 4. The number of furan rings is 1. The van der Waals surface area contributed by atoms with Crippen LogP contribution < -0.4 is 5.32 Å². The molecule has 0 saturated heterocycles. The van der Waals surface area contributed by atoms with Crippen LogP contribution in [0.2, 0.25) is 0 Å². The highest BCUT2D eigenvalue weighted by Crippen LogP contribution is 2.24. The van der Waals surface area contributed by atoms with Crippen molar-refractivity contribution in [1.82, 2.24) is 5.32 Å². The lowest BCUT2D eigenvalue weighted by Crippen LogP contribution is -2.44. The second-order valence-electron chi connectivity index (χ2n) is 4.98. The maximum atomic E-state index is 12.0. The Balaban J connectivity index is 2.75. The molecule has 3 nitrogen and oxygen atoms in total. The predicted octanol–water partition coefficient (Wildman–Crippen LogP) is 3.97. The van der Waals surface area contributed by atoms with E-state index in [1.165, 1.54) is 6.26 Å². The summed E-state index contributed by atoms with van der Waals surface area (Å²) in [5, 5.41) is 3.91. The molecule has 0 aliphatic heterocycles. The molecule has 0 saturated carbocycles. The normalized spacial score (nSPS) is 13.5. The van der Waals surface area contributed by atoms with Gasteiger partial charge in [0.2, 0.25) is 0 Å². The van der Waals surface area contributed by atoms with Gasteiger partial charge in [0.25, 0.3) is 5.91 Å². The minimum Gasteiger partial charge on any atom is -0.457 e. The first kappa shape index (κ1) is 14.8. The highest BCUT2D eigenvalue weighted by Gasteiger charge is 2.26. The van der Waals surface area contributed by atoms with E-state index in [1.807, 2.05) is 0 Å². The molecule has 0 spiro atoms. The van der Waals surface area contributed by atoms with E-state index in [0.717, 1.165) is 11.8 Å². The zero-order valence-electron chi connectivity index (χ0n) is 10.2. The molecule has 0 aliphatic rings. The van der Waals surface area contributed by atoms with Crippen LogP contribution in [0.4, 0.5) is 0 Å². The average molecular weight is 367 g/mol. The molecule has 1 aromatic heterocycles. The molecule has 17 heavy (non-hydrogen) atoms. The molecule has 5 heteroatoms. The fourth-order valence-electron chi connectivity index (χ4n) is 1.52. The molecule has 1 unspecified atom stereocenters. The molecule has 1 rings (SSSR count). The number of halogens is 2. The van der Waals surface area contributed by atoms with Gasteiger partial charge in [-0.2, -0.15) is 0 Å². The summed E-state index contributed by atoms with van der Waals surface area (Å²) in [5.74, 6) is -0.105. The number of hydrogen-bond acceptors (Lipinski definition) is 2. The van der Waals surface area contributed by atoms with Crippen LogP contribution in [0.3, 0.4) is 0 Å². The van der Waals surface area contributed by atoms with Gasteiger partial charge < -0.3 is 9.73 Å². The van der Waals surface area contributed by atoms with E-state index in [1.54, 1.807) is 6.07 Å². The Labute approximate surface area is 119 Å². The van der Waals surface area contributed by atoms with Crippen LogP contribution in [-0.4, -0.2) is 17.3 Å². The Morgan fingerprint density at radius 1 is 1.53 bits per heavy atom. The van der Waals surface area contributed by atoms with Crippen molar-refractivity contribution in [3.05, 3.63) is 22.6 Å². The molecule has 1 heterocycles. The van der Waals surface area contributed by atoms with Gasteiger partial charge >= 0.3 is 0 Å². The van der Waals surface area contributed by atoms with Crippen LogP contribution in [0.1, 0.15) is 37.6 Å². The van der Waals surface area contributed by atoms with Crippen molar-refractivity contribution in [3.63, 3.8) is 0 Å². The van der Waals surface area contributed by atoms with Gasteiger partial charge in [-0.1, -0.05) is 36.7 Å². The van der Waals surface area contributed by atoms with Crippen LogP contribution >= 0.6 is 31.9 Å². The number of nitrogens with one attached hydrogen (secondary N) is 1. The van der Waals surface area contributed by atoms with E-state index in [2.05, 4.69) is 57.9 Å². The van der Waals surface area contributed by atoms with Crippen molar-refractivity contribution in [2.75, 3.05) is 5.33 Å². The molecule has 96 valence electrons. The molecule has 0 aromatic carbocycles. The van der Waals surface area contributed by atoms with Crippen molar-refractivity contribution in [2.45, 2.75) is 33.2 Å². The Kier molecular flexibility index (Phi) is 5.25. The summed E-state index contributed by atoms with van der Waals surface area (Å²) in [6.07, 6.45) is 2.39. The summed E-state index contributed by atoms with van der Waals surface area (Å²) < 4.78 is 5.53. The van der Waals surface area contributed by atoms with Crippen molar-refractivity contribution in [3.8, 4) is 0 Å². The Bertz CT molecular complexity index is 382. The van der Waals surface area contributed by atoms with Crippen molar-refractivity contribution >= 4 is 37.8 Å². The molecule has 1 N–H and O–H groups in total. The number of carbonyl (C=O) groups is 1. The van der Waals surface area contributed by atoms with Gasteiger partial charge in [0, 0.05) is 11.4 Å². The molecule has 0 aliphatic carbocycles. The predicted molar refractivity (Wildman–Crippen MR) is 75.5 cm³/mol. The zero-order chi connectivity index (χ0) is 13.1. The number of hydrogen-bond donors (Lipinski definition) is 1. The first-order valence-corrected chi connectivity index (χ1v) is 7.37. The minimum atomic E-state index is -0.105. The van der Waals surface area contributed by atoms with Crippen LogP contribution in [0.25, 0.3) is 0 Å². The summed E-state index contributed by atoms with van der Waals surface area (Å²) in [6.45, 7) is 6.35. The molecule has 1 atom stereocenters. The molecular weight excluding hydrogens is 350 g/mol. The Morgan fingerprint density at radius 3 is 2.59 bits per heavy atom. The molecule has 0 bridgehead atoms. The van der Waals surface area contributed by atoms with Crippen molar-refractivity contribution in [2.24, 2.45) is 5.41 Å². The Morgan fingerprint density at radius 2 is 2.18 bits per heavy atom. The summed E-state index contributed by atoms with van der Waals surface area (Å²) in [6, 6.07) is 1.78. The van der Waals surface area contributed by atoms with E-state index in [-0.39, 0.29) is 17.4 Å². The fraction of sp³-hybridized carbons (Fsp3) is 0.583. The average Bonchev–Trinajstić information content (AvgIpc) is 2.62. The Hall–Kier alpha value is -0.290. The highest BCUT2D eigenvalue weighted by molar-refractivity contribution is 9.10. The van der Waals surface area contributed by atoms with Gasteiger partial charge in [-0.3, -0.25) is 4.79 Å². The maximum Gasteiger partial charge on any atom is 0.255 e. The molecule has 0 fully saturated rings. The van der Waals surface area contributed by atoms with Crippen LogP contribution in [-0.2, 0) is 0 Å². The second kappa shape index (κ2) is 6.05. The monoisotopic (exact) mass is 365 g/mol. The van der Waals surface area contributed by atoms with E-state index in [9.17, 15) is 4.79 Å². The largest absolute Gasteiger partial charge is 0.457 e. The fourth-order valence-corrected chi connectivity index (χ4v) is 2.40. The SMILES string of the molecule is CC(C)(C)C(CCBr)NC(=O)c1ccoc1Br. The van der Waals surface area contributed by atoms with E-state index in [0.29, 0.717) is 10.2 Å². The lowest BCUT2D eigenvalue weighted by molar-refractivity contribution is 0.0899. The van der Waals surface area contributed by atoms with Gasteiger partial charge in [0.05, 0.1) is 11.8 Å². The van der Waals surface area contributed by atoms with Gasteiger partial charge in [-0.15, -0.1) is 0 Å². The summed E-state index contributed by atoms with van der Waals surface area (Å²) in [5.41, 5.74) is 0.563. The molecule has 0 radical (unpaired) electrons. The molecular formula is C12H17Br2NO2. The first-order chi connectivity index (χ1) is 7.86. The highest BCUT2D eigenvalue weighted by atomic mass is 79.9. The van der Waals surface area contributed by atoms with Crippen molar-refractivity contribution in [1.29, 1.82) is 0 Å². The van der Waals surface area contributed by atoms with Gasteiger partial charge in [0.15, 0.2) is 4.67 Å². The smallest absolute Gasteiger partial charge is 0.255 e. The van der Waals surface area contributed by atoms with Gasteiger partial charge in [0.1, 0.15) is 0 Å². The summed E-state index contributed by atoms with van der Waals surface area (Å²) in [7, 11) is 0. The van der Waals surface area contributed by atoms with E-state index >= 15 is 0 Å². The molecule has 1 amide bonds. The number of amides is 1. The van der Waals surface area contributed by atoms with Crippen LogP contribution in [0, 0.1) is 5.41 Å². The van der Waals surface area contributed by atoms with Crippen LogP contribution in [0.5, 0.6) is 0 Å². The number of alkyl halides is 1. The lowest BCUT2D eigenvalue weighted by Gasteiger charge is -2.31. The third-order valence-corrected chi connectivity index (χ3v) is 3.68. The lowest BCUT2D eigenvalue weighted by atomic mass is 9.85. The second-order valence-corrected chi connectivity index (χ2v) is 6.49. The van der Waals surface area contributed by atoms with Gasteiger partial charge in [-0.25, -0.2) is 0 Å². The third-order valence-electron chi connectivity index (χ3n) is 2.61. The van der Waals surface area contributed by atoms with Crippen molar-refractivity contribution < 1.29 is 9.21 Å². The van der Waals surface area contributed by atoms with E-state index in [4.69, 9.17) is 4.42 Å². The minimum absolute atomic E-state index is 0.0274. The standard InChI is InChI=1S/C12H17Br2NO2/c1-12(2,3)9(4-6-13)15-11(16)8-5-7-17-10(8)14/h5,7,9H,4,6H2,1-3H3,(H,15,16). The maximum absolute atomic E-state index is 12.0. The summed E-state index contributed by atoms with van der Waals surface area (Å²) in [4.78, 5) is 12.0. The van der Waals surface area contributed by atoms with Gasteiger partial charge in [-0.05, 0) is 33.8 Å². The summed E-state index contributed by atoms with van der Waals surface area (Å²) >= 11 is 6.63. The quantitative estimate of drug-likeness (QED) is 0.819. The first-order valence-electron chi connectivity index (χ1n) is 5.46.